The van der Waals surface area contributed by atoms with Crippen LogP contribution in [0.25, 0.3) is 0 Å². The van der Waals surface area contributed by atoms with Gasteiger partial charge in [0.25, 0.3) is 0 Å². The summed E-state index contributed by atoms with van der Waals surface area (Å²) in [6, 6.07) is 7.79. The second-order valence-corrected chi connectivity index (χ2v) is 8.41. The molecular weight excluding hydrogens is 402 g/mol. The maximum Gasteiger partial charge on any atom is 0.336 e. The third-order valence-corrected chi connectivity index (χ3v) is 6.43. The second kappa shape index (κ2) is 9.08. The topological polar surface area (TPSA) is 81.7 Å². The summed E-state index contributed by atoms with van der Waals surface area (Å²) in [6.07, 6.45) is 2.51. The molecule has 0 saturated heterocycles. The number of carbonyl (C=O) groups is 3. The zero-order chi connectivity index (χ0) is 22.0. The largest absolute Gasteiger partial charge is 0.468 e. The predicted molar refractivity (Wildman–Crippen MR) is 115 cm³/mol. The summed E-state index contributed by atoms with van der Waals surface area (Å²) >= 11 is 1.61. The number of Topliss-reactive ketones (excluding diaryl/α,β-unsaturated/α-hetero) is 1. The molecule has 6 nitrogen and oxygen atoms in total. The van der Waals surface area contributed by atoms with Gasteiger partial charge in [-0.1, -0.05) is 19.1 Å². The minimum absolute atomic E-state index is 0.201. The van der Waals surface area contributed by atoms with E-state index in [0.717, 1.165) is 16.2 Å². The predicted octanol–water partition coefficient (Wildman–Crippen LogP) is 3.58. The maximum absolute atomic E-state index is 13.5. The monoisotopic (exact) mass is 429 g/mol. The quantitative estimate of drug-likeness (QED) is 0.435. The van der Waals surface area contributed by atoms with Crippen LogP contribution in [0.3, 0.4) is 0 Å². The highest BCUT2D eigenvalue weighted by molar-refractivity contribution is 7.98. The van der Waals surface area contributed by atoms with Crippen molar-refractivity contribution in [3.8, 4) is 0 Å². The van der Waals surface area contributed by atoms with Crippen LogP contribution in [0.1, 0.15) is 38.7 Å². The summed E-state index contributed by atoms with van der Waals surface area (Å²) in [5.41, 5.74) is 3.10. The first kappa shape index (κ1) is 22.2. The van der Waals surface area contributed by atoms with Gasteiger partial charge in [0.1, 0.15) is 5.92 Å². The summed E-state index contributed by atoms with van der Waals surface area (Å²) in [5.74, 6) is -2.98. The third-order valence-electron chi connectivity index (χ3n) is 5.69. The van der Waals surface area contributed by atoms with Gasteiger partial charge in [-0.2, -0.15) is 0 Å². The average Bonchev–Trinajstić information content (AvgIpc) is 2.72. The summed E-state index contributed by atoms with van der Waals surface area (Å²) < 4.78 is 10.2. The van der Waals surface area contributed by atoms with Gasteiger partial charge in [0.2, 0.25) is 0 Å². The van der Waals surface area contributed by atoms with Gasteiger partial charge < -0.3 is 14.8 Å². The number of ether oxygens (including phenoxy) is 2. The first-order valence-electron chi connectivity index (χ1n) is 9.97. The van der Waals surface area contributed by atoms with Gasteiger partial charge in [0.15, 0.2) is 5.78 Å². The lowest BCUT2D eigenvalue weighted by atomic mass is 9.69. The number of benzene rings is 1. The van der Waals surface area contributed by atoms with Crippen LogP contribution < -0.4 is 5.32 Å². The Bertz CT molecular complexity index is 931. The molecule has 1 N–H and O–H groups in total. The molecule has 3 atom stereocenters. The molecule has 0 radical (unpaired) electrons. The fourth-order valence-corrected chi connectivity index (χ4v) is 4.70. The van der Waals surface area contributed by atoms with Gasteiger partial charge in [0.05, 0.1) is 19.3 Å². The SMILES string of the molecule is CCOC(=O)C1=C(C)NC2=C(C(=O)[C@@H](C(=O)OC)[C@@H](C)C2)[C@H]1c1ccc(SC)cc1. The highest BCUT2D eigenvalue weighted by atomic mass is 32.2. The summed E-state index contributed by atoms with van der Waals surface area (Å²) in [7, 11) is 1.29. The summed E-state index contributed by atoms with van der Waals surface area (Å²) in [5, 5.41) is 3.25. The van der Waals surface area contributed by atoms with Crippen LogP contribution in [0.2, 0.25) is 0 Å². The van der Waals surface area contributed by atoms with Crippen molar-refractivity contribution in [1.82, 2.24) is 5.32 Å². The number of allylic oxidation sites excluding steroid dienone is 3. The Kier molecular flexibility index (Phi) is 6.71. The van der Waals surface area contributed by atoms with Gasteiger partial charge in [-0.3, -0.25) is 9.59 Å². The van der Waals surface area contributed by atoms with Crippen molar-refractivity contribution >= 4 is 29.5 Å². The molecule has 30 heavy (non-hydrogen) atoms. The maximum atomic E-state index is 13.5. The van der Waals surface area contributed by atoms with E-state index in [0.29, 0.717) is 23.3 Å². The molecule has 0 spiro atoms. The lowest BCUT2D eigenvalue weighted by Crippen LogP contribution is -2.43. The number of carbonyl (C=O) groups excluding carboxylic acids is 3. The lowest BCUT2D eigenvalue weighted by molar-refractivity contribution is -0.151. The van der Waals surface area contributed by atoms with Crippen molar-refractivity contribution in [2.45, 2.75) is 38.0 Å². The van der Waals surface area contributed by atoms with E-state index in [4.69, 9.17) is 9.47 Å². The Morgan fingerprint density at radius 2 is 1.90 bits per heavy atom. The highest BCUT2D eigenvalue weighted by Gasteiger charge is 2.47. The van der Waals surface area contributed by atoms with E-state index in [1.807, 2.05) is 44.4 Å². The van der Waals surface area contributed by atoms with Crippen LogP contribution in [0.5, 0.6) is 0 Å². The van der Waals surface area contributed by atoms with Gasteiger partial charge >= 0.3 is 11.9 Å². The Balaban J connectivity index is 2.17. The van der Waals surface area contributed by atoms with Gasteiger partial charge in [-0.25, -0.2) is 4.79 Å². The molecule has 1 heterocycles. The molecule has 7 heteroatoms. The number of methoxy groups -OCH3 is 1. The zero-order valence-corrected chi connectivity index (χ0v) is 18.7. The standard InChI is InChI=1S/C23H27NO5S/c1-6-29-23(27)18-13(3)24-16-11-12(2)17(22(26)28-4)21(25)20(16)19(18)14-7-9-15(30-5)10-8-14/h7-10,12,17,19,24H,6,11H2,1-5H3/t12-,17-,19-/m0/s1. The van der Waals surface area contributed by atoms with E-state index >= 15 is 0 Å². The van der Waals surface area contributed by atoms with E-state index in [1.54, 1.807) is 18.7 Å². The molecule has 0 amide bonds. The molecular formula is C23H27NO5S. The van der Waals surface area contributed by atoms with Crippen LogP contribution in [0.4, 0.5) is 0 Å². The Morgan fingerprint density at radius 1 is 1.23 bits per heavy atom. The molecule has 3 rings (SSSR count). The van der Waals surface area contributed by atoms with E-state index in [-0.39, 0.29) is 18.3 Å². The number of ketones is 1. The lowest BCUT2D eigenvalue weighted by Gasteiger charge is -2.38. The minimum Gasteiger partial charge on any atom is -0.468 e. The number of nitrogens with one attached hydrogen (secondary N) is 1. The van der Waals surface area contributed by atoms with E-state index < -0.39 is 23.8 Å². The Labute approximate surface area is 181 Å². The van der Waals surface area contributed by atoms with Gasteiger partial charge in [-0.15, -0.1) is 11.8 Å². The first-order valence-corrected chi connectivity index (χ1v) is 11.2. The molecule has 1 aliphatic carbocycles. The number of hydrogen-bond acceptors (Lipinski definition) is 7. The molecule has 0 fully saturated rings. The highest BCUT2D eigenvalue weighted by Crippen LogP contribution is 2.45. The zero-order valence-electron chi connectivity index (χ0n) is 17.9. The first-order chi connectivity index (χ1) is 14.3. The number of thioether (sulfide) groups is 1. The van der Waals surface area contributed by atoms with Crippen molar-refractivity contribution in [3.05, 3.63) is 52.4 Å². The second-order valence-electron chi connectivity index (χ2n) is 7.53. The molecule has 1 aromatic carbocycles. The molecule has 1 aromatic rings. The molecule has 160 valence electrons. The van der Waals surface area contributed by atoms with Crippen molar-refractivity contribution in [2.24, 2.45) is 11.8 Å². The number of hydrogen-bond donors (Lipinski definition) is 1. The molecule has 2 aliphatic rings. The van der Waals surface area contributed by atoms with Crippen LogP contribution in [-0.2, 0) is 23.9 Å². The minimum atomic E-state index is -0.884. The Morgan fingerprint density at radius 3 is 2.47 bits per heavy atom. The van der Waals surface area contributed by atoms with E-state index in [1.165, 1.54) is 7.11 Å². The van der Waals surface area contributed by atoms with Crippen LogP contribution in [-0.4, -0.2) is 37.7 Å². The number of dihydropyridines is 1. The molecule has 0 aromatic heterocycles. The number of esters is 2. The van der Waals surface area contributed by atoms with Crippen LogP contribution >= 0.6 is 11.8 Å². The van der Waals surface area contributed by atoms with Crippen molar-refractivity contribution in [1.29, 1.82) is 0 Å². The van der Waals surface area contributed by atoms with Crippen molar-refractivity contribution in [2.75, 3.05) is 20.0 Å². The van der Waals surface area contributed by atoms with Crippen molar-refractivity contribution in [3.63, 3.8) is 0 Å². The number of rotatable bonds is 5. The molecule has 0 bridgehead atoms. The van der Waals surface area contributed by atoms with Gasteiger partial charge in [-0.05, 0) is 50.1 Å². The normalized spacial score (nSPS) is 23.6. The summed E-state index contributed by atoms with van der Waals surface area (Å²) in [6.45, 7) is 5.67. The third kappa shape index (κ3) is 3.90. The smallest absolute Gasteiger partial charge is 0.336 e. The average molecular weight is 430 g/mol. The van der Waals surface area contributed by atoms with Crippen molar-refractivity contribution < 1.29 is 23.9 Å². The molecule has 0 unspecified atom stereocenters. The van der Waals surface area contributed by atoms with E-state index in [9.17, 15) is 14.4 Å². The molecule has 1 aliphatic heterocycles. The van der Waals surface area contributed by atoms with Crippen LogP contribution in [0, 0.1) is 11.8 Å². The van der Waals surface area contributed by atoms with Gasteiger partial charge in [0, 0.05) is 27.8 Å². The fourth-order valence-electron chi connectivity index (χ4n) is 4.29. The fraction of sp³-hybridized carbons (Fsp3) is 0.435. The molecule has 0 saturated carbocycles. The van der Waals surface area contributed by atoms with E-state index in [2.05, 4.69) is 5.32 Å². The summed E-state index contributed by atoms with van der Waals surface area (Å²) in [4.78, 5) is 39.9. The van der Waals surface area contributed by atoms with Crippen LogP contribution in [0.15, 0.2) is 51.7 Å². The Hall–Kier alpha value is -2.54.